The number of nitrogens with zero attached hydrogens (tertiary/aromatic N) is 5. The number of aromatic nitrogens is 4. The van der Waals surface area contributed by atoms with Crippen LogP contribution in [0.15, 0.2) is 24.7 Å². The van der Waals surface area contributed by atoms with E-state index in [1.54, 1.807) is 17.1 Å². The van der Waals surface area contributed by atoms with Crippen molar-refractivity contribution in [3.63, 3.8) is 0 Å². The molecule has 136 valence electrons. The van der Waals surface area contributed by atoms with Crippen LogP contribution in [0.1, 0.15) is 24.5 Å². The van der Waals surface area contributed by atoms with E-state index in [0.29, 0.717) is 19.6 Å². The summed E-state index contributed by atoms with van der Waals surface area (Å²) in [5.41, 5.74) is 0.887. The van der Waals surface area contributed by atoms with Gasteiger partial charge in [-0.05, 0) is 12.6 Å². The number of rotatable bonds is 6. The molecule has 0 aromatic carbocycles. The van der Waals surface area contributed by atoms with Gasteiger partial charge in [-0.1, -0.05) is 6.92 Å². The summed E-state index contributed by atoms with van der Waals surface area (Å²) in [4.78, 5) is 19.1. The first kappa shape index (κ1) is 17.6. The van der Waals surface area contributed by atoms with Crippen LogP contribution in [0.3, 0.4) is 0 Å². The van der Waals surface area contributed by atoms with Gasteiger partial charge in [0.15, 0.2) is 0 Å². The van der Waals surface area contributed by atoms with Crippen LogP contribution in [-0.2, 0) is 30.0 Å². The zero-order chi connectivity index (χ0) is 17.8. The standard InChI is InChI=1S/C17H26N6O2/c1-4-23-9-10-25-14(16(23)17-18-7-8-21(17)2)12-19-15(24)11-13-5-6-20-22(13)3/h5-8,14,16H,4,9-12H2,1-3H3,(H,19,24)/t14-,16+/m0/s1. The van der Waals surface area contributed by atoms with Crippen LogP contribution in [0.25, 0.3) is 0 Å². The molecule has 8 nitrogen and oxygen atoms in total. The zero-order valence-electron chi connectivity index (χ0n) is 15.1. The number of amides is 1. The third kappa shape index (κ3) is 3.91. The van der Waals surface area contributed by atoms with Gasteiger partial charge in [0.25, 0.3) is 0 Å². The monoisotopic (exact) mass is 346 g/mol. The highest BCUT2D eigenvalue weighted by Gasteiger charge is 2.35. The van der Waals surface area contributed by atoms with E-state index in [1.807, 2.05) is 30.9 Å². The van der Waals surface area contributed by atoms with Crippen molar-refractivity contribution in [1.29, 1.82) is 0 Å². The number of nitrogens with one attached hydrogen (secondary N) is 1. The second-order valence-electron chi connectivity index (χ2n) is 6.31. The molecule has 3 rings (SSSR count). The molecule has 1 fully saturated rings. The normalized spacial score (nSPS) is 21.4. The maximum Gasteiger partial charge on any atom is 0.226 e. The largest absolute Gasteiger partial charge is 0.373 e. The Morgan fingerprint density at radius 3 is 2.88 bits per heavy atom. The fourth-order valence-electron chi connectivity index (χ4n) is 3.32. The van der Waals surface area contributed by atoms with Crippen LogP contribution < -0.4 is 5.32 Å². The van der Waals surface area contributed by atoms with Crippen molar-refractivity contribution in [2.45, 2.75) is 25.5 Å². The number of carbonyl (C=O) groups excluding carboxylic acids is 1. The molecule has 8 heteroatoms. The summed E-state index contributed by atoms with van der Waals surface area (Å²) >= 11 is 0. The Balaban J connectivity index is 1.66. The van der Waals surface area contributed by atoms with Gasteiger partial charge in [0.1, 0.15) is 5.82 Å². The molecule has 1 saturated heterocycles. The van der Waals surface area contributed by atoms with Gasteiger partial charge >= 0.3 is 0 Å². The van der Waals surface area contributed by atoms with Gasteiger partial charge in [-0.3, -0.25) is 14.4 Å². The van der Waals surface area contributed by atoms with Crippen LogP contribution in [0, 0.1) is 0 Å². The number of imidazole rings is 1. The quantitative estimate of drug-likeness (QED) is 0.813. The molecular formula is C17H26N6O2. The maximum absolute atomic E-state index is 12.3. The summed E-state index contributed by atoms with van der Waals surface area (Å²) in [5, 5.41) is 7.10. The Hall–Kier alpha value is -2.19. The lowest BCUT2D eigenvalue weighted by Gasteiger charge is -2.40. The van der Waals surface area contributed by atoms with E-state index in [9.17, 15) is 4.79 Å². The Kier molecular flexibility index (Phi) is 5.50. The summed E-state index contributed by atoms with van der Waals surface area (Å²) in [6.07, 6.45) is 5.63. The van der Waals surface area contributed by atoms with Gasteiger partial charge < -0.3 is 14.6 Å². The van der Waals surface area contributed by atoms with Gasteiger partial charge in [-0.15, -0.1) is 0 Å². The summed E-state index contributed by atoms with van der Waals surface area (Å²) in [7, 11) is 3.83. The van der Waals surface area contributed by atoms with Crippen molar-refractivity contribution in [2.24, 2.45) is 14.1 Å². The second kappa shape index (κ2) is 7.79. The minimum atomic E-state index is -0.120. The van der Waals surface area contributed by atoms with Crippen molar-refractivity contribution in [2.75, 3.05) is 26.2 Å². The maximum atomic E-state index is 12.3. The van der Waals surface area contributed by atoms with E-state index in [4.69, 9.17) is 4.74 Å². The first-order valence-corrected chi connectivity index (χ1v) is 8.66. The third-order valence-electron chi connectivity index (χ3n) is 4.75. The number of aryl methyl sites for hydroxylation is 2. The minimum Gasteiger partial charge on any atom is -0.373 e. The van der Waals surface area contributed by atoms with Crippen LogP contribution in [0.2, 0.25) is 0 Å². The van der Waals surface area contributed by atoms with E-state index in [1.165, 1.54) is 0 Å². The second-order valence-corrected chi connectivity index (χ2v) is 6.31. The highest BCUT2D eigenvalue weighted by molar-refractivity contribution is 5.78. The Morgan fingerprint density at radius 1 is 1.40 bits per heavy atom. The number of ether oxygens (including phenoxy) is 1. The Morgan fingerprint density at radius 2 is 2.24 bits per heavy atom. The molecule has 2 aromatic rings. The third-order valence-corrected chi connectivity index (χ3v) is 4.75. The minimum absolute atomic E-state index is 0.0283. The summed E-state index contributed by atoms with van der Waals surface area (Å²) in [6, 6.07) is 1.89. The lowest BCUT2D eigenvalue weighted by Crippen LogP contribution is -2.50. The topological polar surface area (TPSA) is 77.2 Å². The molecule has 0 unspecified atom stereocenters. The summed E-state index contributed by atoms with van der Waals surface area (Å²) in [5.74, 6) is 0.937. The van der Waals surface area contributed by atoms with Crippen LogP contribution in [-0.4, -0.2) is 62.5 Å². The molecule has 2 atom stereocenters. The van der Waals surface area contributed by atoms with E-state index >= 15 is 0 Å². The van der Waals surface area contributed by atoms with Crippen LogP contribution >= 0.6 is 0 Å². The zero-order valence-corrected chi connectivity index (χ0v) is 15.1. The van der Waals surface area contributed by atoms with Crippen molar-refractivity contribution in [3.05, 3.63) is 36.2 Å². The molecule has 1 N–H and O–H groups in total. The number of morpholine rings is 1. The molecule has 3 heterocycles. The van der Waals surface area contributed by atoms with Gasteiger partial charge in [-0.2, -0.15) is 5.10 Å². The molecule has 0 bridgehead atoms. The van der Waals surface area contributed by atoms with Gasteiger partial charge in [0.2, 0.25) is 5.91 Å². The summed E-state index contributed by atoms with van der Waals surface area (Å²) < 4.78 is 9.72. The van der Waals surface area contributed by atoms with Gasteiger partial charge in [-0.25, -0.2) is 4.98 Å². The number of hydrogen-bond donors (Lipinski definition) is 1. The number of hydrogen-bond acceptors (Lipinski definition) is 5. The average Bonchev–Trinajstić information content (AvgIpc) is 3.21. The highest BCUT2D eigenvalue weighted by Crippen LogP contribution is 2.27. The van der Waals surface area contributed by atoms with E-state index in [-0.39, 0.29) is 18.1 Å². The van der Waals surface area contributed by atoms with E-state index in [2.05, 4.69) is 27.2 Å². The molecule has 0 spiro atoms. The SMILES string of the molecule is CCN1CCO[C@@H](CNC(=O)Cc2ccnn2C)[C@@H]1c1nccn1C. The molecule has 1 aliphatic heterocycles. The van der Waals surface area contributed by atoms with Crippen molar-refractivity contribution < 1.29 is 9.53 Å². The summed E-state index contributed by atoms with van der Waals surface area (Å²) in [6.45, 7) is 5.05. The van der Waals surface area contributed by atoms with Crippen LogP contribution in [0.5, 0.6) is 0 Å². The smallest absolute Gasteiger partial charge is 0.226 e. The predicted molar refractivity (Wildman–Crippen MR) is 92.9 cm³/mol. The van der Waals surface area contributed by atoms with E-state index < -0.39 is 0 Å². The molecule has 1 aliphatic rings. The lowest BCUT2D eigenvalue weighted by atomic mass is 10.1. The Labute approximate surface area is 147 Å². The fraction of sp³-hybridized carbons (Fsp3) is 0.588. The van der Waals surface area contributed by atoms with E-state index in [0.717, 1.165) is 24.6 Å². The molecule has 1 amide bonds. The number of likely N-dealkylation sites (N-methyl/N-ethyl adjacent to an activating group) is 1. The van der Waals surface area contributed by atoms with Crippen molar-refractivity contribution in [3.8, 4) is 0 Å². The highest BCUT2D eigenvalue weighted by atomic mass is 16.5. The lowest BCUT2D eigenvalue weighted by molar-refractivity contribution is -0.123. The molecule has 0 saturated carbocycles. The first-order valence-electron chi connectivity index (χ1n) is 8.66. The van der Waals surface area contributed by atoms with Gasteiger partial charge in [0, 0.05) is 51.5 Å². The number of carbonyl (C=O) groups is 1. The molecular weight excluding hydrogens is 320 g/mol. The predicted octanol–water partition coefficient (Wildman–Crippen LogP) is 0.274. The first-order chi connectivity index (χ1) is 12.1. The molecule has 0 radical (unpaired) electrons. The molecule has 2 aromatic heterocycles. The van der Waals surface area contributed by atoms with Crippen molar-refractivity contribution >= 4 is 5.91 Å². The fourth-order valence-corrected chi connectivity index (χ4v) is 3.32. The van der Waals surface area contributed by atoms with Crippen molar-refractivity contribution in [1.82, 2.24) is 29.5 Å². The molecule has 25 heavy (non-hydrogen) atoms. The van der Waals surface area contributed by atoms with Gasteiger partial charge in [0.05, 0.1) is 25.2 Å². The Bertz CT molecular complexity index is 710. The average molecular weight is 346 g/mol. The molecule has 0 aliphatic carbocycles. The van der Waals surface area contributed by atoms with Crippen LogP contribution in [0.4, 0.5) is 0 Å².